The number of anilines is 1. The molecule has 0 radical (unpaired) electrons. The van der Waals surface area contributed by atoms with Gasteiger partial charge in [0.05, 0.1) is 25.9 Å². The predicted molar refractivity (Wildman–Crippen MR) is 101 cm³/mol. The molecule has 1 fully saturated rings. The van der Waals surface area contributed by atoms with Gasteiger partial charge in [-0.3, -0.25) is 4.79 Å². The van der Waals surface area contributed by atoms with E-state index in [2.05, 4.69) is 17.6 Å². The first-order valence-corrected chi connectivity index (χ1v) is 8.71. The molecule has 1 saturated heterocycles. The Morgan fingerprint density at radius 3 is 2.56 bits per heavy atom. The maximum absolute atomic E-state index is 12.4. The zero-order valence-electron chi connectivity index (χ0n) is 15.2. The summed E-state index contributed by atoms with van der Waals surface area (Å²) in [7, 11) is 0. The van der Waals surface area contributed by atoms with Crippen LogP contribution in [0.5, 0.6) is 11.5 Å². The van der Waals surface area contributed by atoms with Gasteiger partial charge in [-0.2, -0.15) is 0 Å². The summed E-state index contributed by atoms with van der Waals surface area (Å²) in [6.45, 7) is 8.55. The Bertz CT molecular complexity index is 542. The van der Waals surface area contributed by atoms with Crippen LogP contribution in [0.4, 0.5) is 5.69 Å². The minimum Gasteiger partial charge on any atom is -0.490 e. The van der Waals surface area contributed by atoms with Gasteiger partial charge in [0.15, 0.2) is 11.5 Å². The average molecular weight is 373 g/mol. The molecule has 1 heterocycles. The van der Waals surface area contributed by atoms with Crippen LogP contribution in [0, 0.1) is 0 Å². The molecule has 25 heavy (non-hydrogen) atoms. The minimum absolute atomic E-state index is 0. The fourth-order valence-corrected chi connectivity index (χ4v) is 2.49. The van der Waals surface area contributed by atoms with E-state index in [1.807, 2.05) is 32.0 Å². The molecule has 1 aliphatic heterocycles. The summed E-state index contributed by atoms with van der Waals surface area (Å²) < 4.78 is 17.0. The van der Waals surface area contributed by atoms with E-state index in [4.69, 9.17) is 14.2 Å². The molecule has 1 aliphatic rings. The van der Waals surface area contributed by atoms with Crippen molar-refractivity contribution in [1.82, 2.24) is 5.32 Å². The molecular weight excluding hydrogens is 344 g/mol. The first-order chi connectivity index (χ1) is 11.7. The molecule has 1 aromatic rings. The van der Waals surface area contributed by atoms with Crippen LogP contribution in [0.3, 0.4) is 0 Å². The van der Waals surface area contributed by atoms with Gasteiger partial charge in [-0.15, -0.1) is 12.4 Å². The summed E-state index contributed by atoms with van der Waals surface area (Å²) in [6, 6.07) is 5.13. The standard InChI is InChI=1S/C18H28N2O4.ClH/c1-4-9-23-15-7-6-14(12-16(15)24-10-5-2)20-18(21)17-13(3)22-11-8-19-17;/h6-7,12-13,17,19H,4-5,8-11H2,1-3H3,(H,20,21);1H/t13-,17+;/m1./s1. The lowest BCUT2D eigenvalue weighted by atomic mass is 10.1. The predicted octanol–water partition coefficient (Wildman–Crippen LogP) is 3.00. The van der Waals surface area contributed by atoms with Gasteiger partial charge in [-0.1, -0.05) is 13.8 Å². The van der Waals surface area contributed by atoms with Crippen LogP contribution < -0.4 is 20.1 Å². The topological polar surface area (TPSA) is 68.8 Å². The molecule has 1 aromatic carbocycles. The Balaban J connectivity index is 0.00000312. The van der Waals surface area contributed by atoms with Crippen molar-refractivity contribution in [2.75, 3.05) is 31.7 Å². The fraction of sp³-hybridized carbons (Fsp3) is 0.611. The van der Waals surface area contributed by atoms with Crippen LogP contribution in [0.25, 0.3) is 0 Å². The van der Waals surface area contributed by atoms with E-state index >= 15 is 0 Å². The van der Waals surface area contributed by atoms with Crippen molar-refractivity contribution in [3.63, 3.8) is 0 Å². The zero-order valence-corrected chi connectivity index (χ0v) is 16.0. The fourth-order valence-electron chi connectivity index (χ4n) is 2.49. The normalized spacial score (nSPS) is 19.6. The Labute approximate surface area is 156 Å². The van der Waals surface area contributed by atoms with Crippen molar-refractivity contribution in [3.05, 3.63) is 18.2 Å². The molecule has 2 rings (SSSR count). The summed E-state index contributed by atoms with van der Waals surface area (Å²) in [6.07, 6.45) is 1.68. The molecule has 1 amide bonds. The number of benzene rings is 1. The van der Waals surface area contributed by atoms with E-state index in [0.29, 0.717) is 43.6 Å². The number of rotatable bonds is 8. The highest BCUT2D eigenvalue weighted by molar-refractivity contribution is 5.95. The van der Waals surface area contributed by atoms with E-state index < -0.39 is 0 Å². The van der Waals surface area contributed by atoms with Crippen LogP contribution >= 0.6 is 12.4 Å². The second kappa shape index (κ2) is 11.2. The van der Waals surface area contributed by atoms with Crippen molar-refractivity contribution < 1.29 is 19.0 Å². The maximum Gasteiger partial charge on any atom is 0.244 e. The summed E-state index contributed by atoms with van der Waals surface area (Å²) in [5.74, 6) is 1.26. The van der Waals surface area contributed by atoms with Gasteiger partial charge in [-0.25, -0.2) is 0 Å². The van der Waals surface area contributed by atoms with Crippen molar-refractivity contribution in [2.45, 2.75) is 45.8 Å². The van der Waals surface area contributed by atoms with Crippen molar-refractivity contribution in [3.8, 4) is 11.5 Å². The van der Waals surface area contributed by atoms with E-state index in [1.165, 1.54) is 0 Å². The van der Waals surface area contributed by atoms with Gasteiger partial charge in [0.25, 0.3) is 0 Å². The van der Waals surface area contributed by atoms with E-state index in [1.54, 1.807) is 0 Å². The van der Waals surface area contributed by atoms with Crippen LogP contribution in [0.1, 0.15) is 33.6 Å². The lowest BCUT2D eigenvalue weighted by Gasteiger charge is -2.29. The van der Waals surface area contributed by atoms with Gasteiger partial charge in [-0.05, 0) is 31.9 Å². The highest BCUT2D eigenvalue weighted by atomic mass is 35.5. The first-order valence-electron chi connectivity index (χ1n) is 8.71. The Kier molecular flexibility index (Phi) is 9.63. The third-order valence-corrected chi connectivity index (χ3v) is 3.73. The number of nitrogens with one attached hydrogen (secondary N) is 2. The van der Waals surface area contributed by atoms with E-state index in [9.17, 15) is 4.79 Å². The third-order valence-electron chi connectivity index (χ3n) is 3.73. The van der Waals surface area contributed by atoms with E-state index in [-0.39, 0.29) is 30.5 Å². The molecule has 0 spiro atoms. The quantitative estimate of drug-likeness (QED) is 0.734. The summed E-state index contributed by atoms with van der Waals surface area (Å²) >= 11 is 0. The van der Waals surface area contributed by atoms with Gasteiger partial charge in [0.2, 0.25) is 5.91 Å². The third kappa shape index (κ3) is 6.38. The zero-order chi connectivity index (χ0) is 17.4. The number of carbonyl (C=O) groups excluding carboxylic acids is 1. The number of carbonyl (C=O) groups is 1. The second-order valence-corrected chi connectivity index (χ2v) is 5.86. The average Bonchev–Trinajstić information content (AvgIpc) is 2.59. The monoisotopic (exact) mass is 372 g/mol. The van der Waals surface area contributed by atoms with Crippen molar-refractivity contribution >= 4 is 24.0 Å². The molecule has 6 nitrogen and oxygen atoms in total. The second-order valence-electron chi connectivity index (χ2n) is 5.86. The lowest BCUT2D eigenvalue weighted by molar-refractivity contribution is -0.123. The van der Waals surface area contributed by atoms with Crippen LogP contribution in [-0.4, -0.2) is 44.4 Å². The summed E-state index contributed by atoms with van der Waals surface area (Å²) in [5.41, 5.74) is 0.689. The first kappa shape index (κ1) is 21.5. The Hall–Kier alpha value is -1.50. The van der Waals surface area contributed by atoms with Gasteiger partial charge in [0, 0.05) is 18.3 Å². The highest BCUT2D eigenvalue weighted by Gasteiger charge is 2.28. The summed E-state index contributed by atoms with van der Waals surface area (Å²) in [4.78, 5) is 12.4. The smallest absolute Gasteiger partial charge is 0.244 e. The minimum atomic E-state index is -0.352. The highest BCUT2D eigenvalue weighted by Crippen LogP contribution is 2.31. The van der Waals surface area contributed by atoms with Gasteiger partial charge >= 0.3 is 0 Å². The number of amides is 1. The number of hydrogen-bond donors (Lipinski definition) is 2. The largest absolute Gasteiger partial charge is 0.490 e. The van der Waals surface area contributed by atoms with Crippen molar-refractivity contribution in [2.24, 2.45) is 0 Å². The van der Waals surface area contributed by atoms with Crippen molar-refractivity contribution in [1.29, 1.82) is 0 Å². The molecule has 142 valence electrons. The maximum atomic E-state index is 12.4. The van der Waals surface area contributed by atoms with Crippen LogP contribution in [0.15, 0.2) is 18.2 Å². The number of halogens is 1. The summed E-state index contributed by atoms with van der Waals surface area (Å²) in [5, 5.41) is 6.11. The molecule has 2 N–H and O–H groups in total. The molecule has 0 aliphatic carbocycles. The molecule has 0 saturated carbocycles. The Morgan fingerprint density at radius 2 is 1.92 bits per heavy atom. The molecule has 0 bridgehead atoms. The number of morpholine rings is 1. The van der Waals surface area contributed by atoms with Gasteiger partial charge in [0.1, 0.15) is 6.04 Å². The SMILES string of the molecule is CCCOc1ccc(NC(=O)[C@H]2NCCO[C@@H]2C)cc1OCCC.Cl. The van der Waals surface area contributed by atoms with Gasteiger partial charge < -0.3 is 24.8 Å². The molecule has 7 heteroatoms. The number of hydrogen-bond acceptors (Lipinski definition) is 5. The molecule has 2 atom stereocenters. The lowest BCUT2D eigenvalue weighted by Crippen LogP contribution is -2.53. The van der Waals surface area contributed by atoms with E-state index in [0.717, 1.165) is 12.8 Å². The Morgan fingerprint density at radius 1 is 1.24 bits per heavy atom. The molecule has 0 aromatic heterocycles. The molecular formula is C18H29ClN2O4. The number of ether oxygens (including phenoxy) is 3. The molecule has 0 unspecified atom stereocenters. The van der Waals surface area contributed by atoms with Crippen LogP contribution in [0.2, 0.25) is 0 Å². The van der Waals surface area contributed by atoms with Crippen LogP contribution in [-0.2, 0) is 9.53 Å².